The van der Waals surface area contributed by atoms with Crippen LogP contribution in [0.1, 0.15) is 43.7 Å². The number of carbonyl (C=O) groups is 1. The highest BCUT2D eigenvalue weighted by molar-refractivity contribution is 5.88. The minimum absolute atomic E-state index is 0.159. The first-order valence-electron chi connectivity index (χ1n) is 7.64. The summed E-state index contributed by atoms with van der Waals surface area (Å²) in [6.07, 6.45) is 6.33. The number of carbonyl (C=O) groups excluding carboxylic acids is 1. The molecule has 6 nitrogen and oxygen atoms in total. The quantitative estimate of drug-likeness (QED) is 0.769. The van der Waals surface area contributed by atoms with Gasteiger partial charge in [-0.15, -0.1) is 0 Å². The fourth-order valence-electron chi connectivity index (χ4n) is 2.67. The summed E-state index contributed by atoms with van der Waals surface area (Å²) in [6.45, 7) is 3.95. The molecule has 0 radical (unpaired) electrons. The topological polar surface area (TPSA) is 73.1 Å². The Hall–Kier alpha value is -1.56. The molecule has 1 aliphatic heterocycles. The van der Waals surface area contributed by atoms with E-state index < -0.39 is 0 Å². The summed E-state index contributed by atoms with van der Waals surface area (Å²) in [7, 11) is 0. The van der Waals surface area contributed by atoms with Gasteiger partial charge in [-0.3, -0.25) is 10.4 Å². The van der Waals surface area contributed by atoms with Crippen molar-refractivity contribution in [1.29, 1.82) is 0 Å². The van der Waals surface area contributed by atoms with Crippen LogP contribution in [-0.4, -0.2) is 47.3 Å². The summed E-state index contributed by atoms with van der Waals surface area (Å²) in [6, 6.07) is 1.77. The van der Waals surface area contributed by atoms with Crippen molar-refractivity contribution >= 4 is 11.8 Å². The minimum atomic E-state index is -0.159. The number of amides is 2. The van der Waals surface area contributed by atoms with Crippen LogP contribution in [-0.2, 0) is 0 Å². The second-order valence-corrected chi connectivity index (χ2v) is 5.76. The highest BCUT2D eigenvalue weighted by Crippen LogP contribution is 2.39. The molecule has 2 amide bonds. The molecule has 110 valence electrons. The van der Waals surface area contributed by atoms with Crippen LogP contribution in [0.5, 0.6) is 0 Å². The Morgan fingerprint density at radius 1 is 1.35 bits per heavy atom. The van der Waals surface area contributed by atoms with E-state index in [4.69, 9.17) is 0 Å². The van der Waals surface area contributed by atoms with Crippen LogP contribution in [0.2, 0.25) is 0 Å². The SMILES string of the molecule is O=C(NCCN1CCCCC1)Nc1cc(C2CC2)n[nH]1. The Morgan fingerprint density at radius 2 is 2.15 bits per heavy atom. The van der Waals surface area contributed by atoms with Crippen molar-refractivity contribution in [3.63, 3.8) is 0 Å². The van der Waals surface area contributed by atoms with Crippen LogP contribution in [0.25, 0.3) is 0 Å². The molecule has 1 aromatic rings. The number of nitrogens with zero attached hydrogens (tertiary/aromatic N) is 2. The molecule has 1 saturated heterocycles. The first kappa shape index (κ1) is 13.4. The second kappa shape index (κ2) is 6.26. The fraction of sp³-hybridized carbons (Fsp3) is 0.714. The van der Waals surface area contributed by atoms with Crippen molar-refractivity contribution in [1.82, 2.24) is 20.4 Å². The van der Waals surface area contributed by atoms with E-state index in [0.29, 0.717) is 18.3 Å². The Labute approximate surface area is 119 Å². The lowest BCUT2D eigenvalue weighted by Crippen LogP contribution is -2.39. The van der Waals surface area contributed by atoms with E-state index in [1.165, 1.54) is 32.1 Å². The van der Waals surface area contributed by atoms with Crippen molar-refractivity contribution in [2.45, 2.75) is 38.0 Å². The molecule has 0 spiro atoms. The molecule has 20 heavy (non-hydrogen) atoms. The molecular formula is C14H23N5O. The standard InChI is InChI=1S/C14H23N5O/c20-14(15-6-9-19-7-2-1-3-8-19)16-13-10-12(17-18-13)11-4-5-11/h10-11H,1-9H2,(H3,15,16,17,18,20). The van der Waals surface area contributed by atoms with Gasteiger partial charge < -0.3 is 10.2 Å². The predicted octanol–water partition coefficient (Wildman–Crippen LogP) is 1.89. The molecule has 0 aromatic carbocycles. The summed E-state index contributed by atoms with van der Waals surface area (Å²) in [4.78, 5) is 14.2. The van der Waals surface area contributed by atoms with Crippen molar-refractivity contribution in [2.75, 3.05) is 31.5 Å². The zero-order valence-electron chi connectivity index (χ0n) is 11.8. The van der Waals surface area contributed by atoms with Crippen LogP contribution in [0.3, 0.4) is 0 Å². The summed E-state index contributed by atoms with van der Waals surface area (Å²) < 4.78 is 0. The maximum atomic E-state index is 11.8. The minimum Gasteiger partial charge on any atom is -0.337 e. The van der Waals surface area contributed by atoms with Crippen LogP contribution in [0.4, 0.5) is 10.6 Å². The molecule has 2 heterocycles. The van der Waals surface area contributed by atoms with Crippen LogP contribution in [0, 0.1) is 0 Å². The summed E-state index contributed by atoms with van der Waals surface area (Å²) in [5.74, 6) is 1.28. The molecule has 0 bridgehead atoms. The number of urea groups is 1. The first-order chi connectivity index (χ1) is 9.81. The Kier molecular flexibility index (Phi) is 4.20. The fourth-order valence-corrected chi connectivity index (χ4v) is 2.67. The summed E-state index contributed by atoms with van der Waals surface area (Å²) in [5, 5.41) is 12.8. The second-order valence-electron chi connectivity index (χ2n) is 5.76. The van der Waals surface area contributed by atoms with Gasteiger partial charge in [-0.1, -0.05) is 6.42 Å². The van der Waals surface area contributed by atoms with Gasteiger partial charge in [0, 0.05) is 25.1 Å². The highest BCUT2D eigenvalue weighted by atomic mass is 16.2. The van der Waals surface area contributed by atoms with E-state index >= 15 is 0 Å². The van der Waals surface area contributed by atoms with Gasteiger partial charge in [-0.25, -0.2) is 4.79 Å². The number of anilines is 1. The zero-order chi connectivity index (χ0) is 13.8. The van der Waals surface area contributed by atoms with Gasteiger partial charge in [0.2, 0.25) is 0 Å². The molecular weight excluding hydrogens is 254 g/mol. The molecule has 2 aliphatic rings. The number of H-pyrrole nitrogens is 1. The lowest BCUT2D eigenvalue weighted by molar-refractivity contribution is 0.224. The highest BCUT2D eigenvalue weighted by Gasteiger charge is 2.26. The van der Waals surface area contributed by atoms with E-state index in [1.54, 1.807) is 0 Å². The van der Waals surface area contributed by atoms with Gasteiger partial charge in [0.15, 0.2) is 0 Å². The number of rotatable bonds is 5. The number of piperidine rings is 1. The number of hydrogen-bond donors (Lipinski definition) is 3. The molecule has 1 aliphatic carbocycles. The summed E-state index contributed by atoms with van der Waals surface area (Å²) >= 11 is 0. The smallest absolute Gasteiger partial charge is 0.320 e. The van der Waals surface area contributed by atoms with E-state index in [0.717, 1.165) is 25.3 Å². The van der Waals surface area contributed by atoms with E-state index in [-0.39, 0.29) is 6.03 Å². The number of hydrogen-bond acceptors (Lipinski definition) is 3. The zero-order valence-corrected chi connectivity index (χ0v) is 11.8. The Morgan fingerprint density at radius 3 is 2.90 bits per heavy atom. The third kappa shape index (κ3) is 3.72. The summed E-state index contributed by atoms with van der Waals surface area (Å²) in [5.41, 5.74) is 1.06. The lowest BCUT2D eigenvalue weighted by atomic mass is 10.1. The third-order valence-corrected chi connectivity index (χ3v) is 4.00. The molecule has 0 unspecified atom stereocenters. The first-order valence-corrected chi connectivity index (χ1v) is 7.64. The van der Waals surface area contributed by atoms with Gasteiger partial charge in [0.05, 0.1) is 5.69 Å². The van der Waals surface area contributed by atoms with Crippen LogP contribution in [0.15, 0.2) is 6.07 Å². The predicted molar refractivity (Wildman–Crippen MR) is 77.9 cm³/mol. The van der Waals surface area contributed by atoms with Crippen molar-refractivity contribution in [3.05, 3.63) is 11.8 Å². The number of likely N-dealkylation sites (tertiary alicyclic amines) is 1. The monoisotopic (exact) mass is 277 g/mol. The normalized spacial score (nSPS) is 19.8. The molecule has 2 fully saturated rings. The van der Waals surface area contributed by atoms with Crippen LogP contribution < -0.4 is 10.6 Å². The van der Waals surface area contributed by atoms with Crippen molar-refractivity contribution in [3.8, 4) is 0 Å². The third-order valence-electron chi connectivity index (χ3n) is 4.00. The molecule has 1 saturated carbocycles. The number of aromatic amines is 1. The Bertz CT molecular complexity index is 448. The van der Waals surface area contributed by atoms with Crippen LogP contribution >= 0.6 is 0 Å². The Balaban J connectivity index is 1.35. The van der Waals surface area contributed by atoms with Gasteiger partial charge >= 0.3 is 6.03 Å². The molecule has 1 aromatic heterocycles. The van der Waals surface area contributed by atoms with Crippen molar-refractivity contribution < 1.29 is 4.79 Å². The van der Waals surface area contributed by atoms with Gasteiger partial charge in [0.25, 0.3) is 0 Å². The molecule has 0 atom stereocenters. The number of nitrogens with one attached hydrogen (secondary N) is 3. The average molecular weight is 277 g/mol. The number of aromatic nitrogens is 2. The van der Waals surface area contributed by atoms with E-state index in [1.807, 2.05) is 6.07 Å². The molecule has 6 heteroatoms. The molecule has 3 rings (SSSR count). The van der Waals surface area contributed by atoms with Gasteiger partial charge in [0.1, 0.15) is 5.82 Å². The molecule has 3 N–H and O–H groups in total. The average Bonchev–Trinajstić information content (AvgIpc) is 3.21. The lowest BCUT2D eigenvalue weighted by Gasteiger charge is -2.26. The van der Waals surface area contributed by atoms with Gasteiger partial charge in [-0.05, 0) is 38.8 Å². The van der Waals surface area contributed by atoms with E-state index in [2.05, 4.69) is 25.7 Å². The van der Waals surface area contributed by atoms with E-state index in [9.17, 15) is 4.79 Å². The van der Waals surface area contributed by atoms with Gasteiger partial charge in [-0.2, -0.15) is 5.10 Å². The van der Waals surface area contributed by atoms with Crippen molar-refractivity contribution in [2.24, 2.45) is 0 Å². The largest absolute Gasteiger partial charge is 0.337 e. The maximum Gasteiger partial charge on any atom is 0.320 e. The maximum absolute atomic E-state index is 11.8.